The Labute approximate surface area is 111 Å². The van der Waals surface area contributed by atoms with E-state index in [1.807, 2.05) is 13.8 Å². The number of carboxylic acid groups (broad SMARTS) is 1. The molecule has 1 aromatic carbocycles. The first-order chi connectivity index (χ1) is 8.90. The number of aliphatic carboxylic acids is 1. The molecule has 0 radical (unpaired) electrons. The van der Waals surface area contributed by atoms with Crippen LogP contribution in [-0.4, -0.2) is 31.2 Å². The third-order valence-electron chi connectivity index (χ3n) is 2.80. The summed E-state index contributed by atoms with van der Waals surface area (Å²) in [4.78, 5) is 22.0. The zero-order valence-corrected chi connectivity index (χ0v) is 11.4. The van der Waals surface area contributed by atoms with Gasteiger partial charge in [-0.2, -0.15) is 0 Å². The van der Waals surface area contributed by atoms with Crippen LogP contribution in [0.4, 0.5) is 5.69 Å². The monoisotopic (exact) mass is 267 g/mol. The maximum atomic E-state index is 11.5. The Kier molecular flexibility index (Phi) is 4.74. The smallest absolute Gasteiger partial charge is 0.312 e. The van der Waals surface area contributed by atoms with Gasteiger partial charge in [-0.05, 0) is 25.0 Å². The van der Waals surface area contributed by atoms with E-state index in [-0.39, 0.29) is 0 Å². The largest absolute Gasteiger partial charge is 0.496 e. The van der Waals surface area contributed by atoms with Gasteiger partial charge in [-0.15, -0.1) is 0 Å². The van der Waals surface area contributed by atoms with Gasteiger partial charge >= 0.3 is 5.97 Å². The zero-order valence-electron chi connectivity index (χ0n) is 11.4. The van der Waals surface area contributed by atoms with Crippen molar-refractivity contribution >= 4 is 17.6 Å². The minimum atomic E-state index is -1.19. The van der Waals surface area contributed by atoms with E-state index in [0.29, 0.717) is 17.2 Å². The molecule has 6 heteroatoms. The Balaban J connectivity index is 3.15. The summed E-state index contributed by atoms with van der Waals surface area (Å²) in [6, 6.07) is 1.61. The number of ether oxygens (including phenoxy) is 2. The number of hydrogen-bond acceptors (Lipinski definition) is 4. The lowest BCUT2D eigenvalue weighted by molar-refractivity contribution is -0.139. The van der Waals surface area contributed by atoms with Crippen LogP contribution < -0.4 is 14.8 Å². The van der Waals surface area contributed by atoms with E-state index in [9.17, 15) is 9.59 Å². The molecule has 1 amide bonds. The SMILES string of the molecule is COc1cc(NC(=O)CC(=O)O)c(OC)c(C)c1C. The first-order valence-corrected chi connectivity index (χ1v) is 5.64. The van der Waals surface area contributed by atoms with Gasteiger partial charge in [-0.25, -0.2) is 0 Å². The highest BCUT2D eigenvalue weighted by Gasteiger charge is 2.16. The van der Waals surface area contributed by atoms with Crippen molar-refractivity contribution in [2.45, 2.75) is 20.3 Å². The van der Waals surface area contributed by atoms with Gasteiger partial charge < -0.3 is 19.9 Å². The van der Waals surface area contributed by atoms with Crippen LogP contribution in [0.15, 0.2) is 6.07 Å². The quantitative estimate of drug-likeness (QED) is 0.794. The number of benzene rings is 1. The van der Waals surface area contributed by atoms with Crippen LogP contribution in [0, 0.1) is 13.8 Å². The van der Waals surface area contributed by atoms with Gasteiger partial charge in [-0.3, -0.25) is 9.59 Å². The molecule has 0 atom stereocenters. The number of nitrogens with one attached hydrogen (secondary N) is 1. The molecule has 0 spiro atoms. The predicted molar refractivity (Wildman–Crippen MR) is 69.9 cm³/mol. The molecule has 0 aromatic heterocycles. The lowest BCUT2D eigenvalue weighted by Gasteiger charge is -2.17. The molecule has 0 aliphatic rings. The minimum absolute atomic E-state index is 0.397. The molecule has 0 saturated carbocycles. The molecule has 0 bridgehead atoms. The van der Waals surface area contributed by atoms with Crippen molar-refractivity contribution in [1.29, 1.82) is 0 Å². The topological polar surface area (TPSA) is 84.9 Å². The number of carboxylic acids is 1. The zero-order chi connectivity index (χ0) is 14.6. The minimum Gasteiger partial charge on any atom is -0.496 e. The lowest BCUT2D eigenvalue weighted by atomic mass is 10.1. The summed E-state index contributed by atoms with van der Waals surface area (Å²) in [5.41, 5.74) is 2.12. The number of hydrogen-bond donors (Lipinski definition) is 2. The van der Waals surface area contributed by atoms with Crippen LogP contribution in [0.1, 0.15) is 17.5 Å². The first-order valence-electron chi connectivity index (χ1n) is 5.64. The van der Waals surface area contributed by atoms with Crippen molar-refractivity contribution in [2.75, 3.05) is 19.5 Å². The van der Waals surface area contributed by atoms with E-state index in [0.717, 1.165) is 11.1 Å². The fourth-order valence-electron chi connectivity index (χ4n) is 1.76. The average molecular weight is 267 g/mol. The van der Waals surface area contributed by atoms with Crippen LogP contribution in [0.2, 0.25) is 0 Å². The molecule has 2 N–H and O–H groups in total. The Morgan fingerprint density at radius 1 is 1.21 bits per heavy atom. The molecule has 0 aliphatic carbocycles. The van der Waals surface area contributed by atoms with E-state index in [1.54, 1.807) is 6.07 Å². The van der Waals surface area contributed by atoms with Crippen molar-refractivity contribution < 1.29 is 24.2 Å². The van der Waals surface area contributed by atoms with Crippen LogP contribution in [0.25, 0.3) is 0 Å². The van der Waals surface area contributed by atoms with Gasteiger partial charge in [0.05, 0.1) is 19.9 Å². The highest BCUT2D eigenvalue weighted by molar-refractivity contribution is 6.02. The molecule has 0 fully saturated rings. The molecule has 1 aromatic rings. The van der Waals surface area contributed by atoms with Gasteiger partial charge in [0.1, 0.15) is 17.9 Å². The number of carbonyl (C=O) groups is 2. The number of methoxy groups -OCH3 is 2. The van der Waals surface area contributed by atoms with Crippen LogP contribution >= 0.6 is 0 Å². The fraction of sp³-hybridized carbons (Fsp3) is 0.385. The van der Waals surface area contributed by atoms with E-state index in [2.05, 4.69) is 5.32 Å². The Bertz CT molecular complexity index is 510. The van der Waals surface area contributed by atoms with Crippen LogP contribution in [-0.2, 0) is 9.59 Å². The number of carbonyl (C=O) groups excluding carboxylic acids is 1. The van der Waals surface area contributed by atoms with Gasteiger partial charge in [0, 0.05) is 6.07 Å². The summed E-state index contributed by atoms with van der Waals surface area (Å²) >= 11 is 0. The third-order valence-corrected chi connectivity index (χ3v) is 2.80. The average Bonchev–Trinajstić information content (AvgIpc) is 2.33. The first kappa shape index (κ1) is 14.8. The van der Waals surface area contributed by atoms with Crippen LogP contribution in [0.3, 0.4) is 0 Å². The molecule has 0 aliphatic heterocycles. The van der Waals surface area contributed by atoms with Gasteiger partial charge in [0.25, 0.3) is 0 Å². The predicted octanol–water partition coefficient (Wildman–Crippen LogP) is 1.73. The molecular formula is C13H17NO5. The van der Waals surface area contributed by atoms with Crippen LogP contribution in [0.5, 0.6) is 11.5 Å². The summed E-state index contributed by atoms with van der Waals surface area (Å²) in [6.45, 7) is 3.71. The van der Waals surface area contributed by atoms with E-state index >= 15 is 0 Å². The molecule has 19 heavy (non-hydrogen) atoms. The highest BCUT2D eigenvalue weighted by atomic mass is 16.5. The van der Waals surface area contributed by atoms with Gasteiger partial charge in [0.2, 0.25) is 5.91 Å². The van der Waals surface area contributed by atoms with Crippen molar-refractivity contribution in [2.24, 2.45) is 0 Å². The molecule has 1 rings (SSSR count). The number of rotatable bonds is 5. The van der Waals surface area contributed by atoms with Crippen molar-refractivity contribution in [3.8, 4) is 11.5 Å². The normalized spacial score (nSPS) is 9.89. The molecule has 6 nitrogen and oxygen atoms in total. The van der Waals surface area contributed by atoms with E-state index < -0.39 is 18.3 Å². The van der Waals surface area contributed by atoms with E-state index in [4.69, 9.17) is 14.6 Å². The third kappa shape index (κ3) is 3.37. The standard InChI is InChI=1S/C13H17NO5/c1-7-8(2)13(19-4)9(5-10(7)18-3)14-11(15)6-12(16)17/h5H,6H2,1-4H3,(H,14,15)(H,16,17). The summed E-state index contributed by atoms with van der Waals surface area (Å²) in [7, 11) is 3.01. The molecule has 104 valence electrons. The summed E-state index contributed by atoms with van der Waals surface area (Å²) in [5.74, 6) is -0.704. The van der Waals surface area contributed by atoms with Crippen molar-refractivity contribution in [3.05, 3.63) is 17.2 Å². The molecule has 0 heterocycles. The summed E-state index contributed by atoms with van der Waals surface area (Å²) in [5, 5.41) is 11.1. The number of amides is 1. The Morgan fingerprint density at radius 3 is 2.32 bits per heavy atom. The second-order valence-electron chi connectivity index (χ2n) is 4.03. The lowest BCUT2D eigenvalue weighted by Crippen LogP contribution is -2.17. The van der Waals surface area contributed by atoms with E-state index in [1.165, 1.54) is 14.2 Å². The summed E-state index contributed by atoms with van der Waals surface area (Å²) < 4.78 is 10.5. The maximum Gasteiger partial charge on any atom is 0.312 e. The van der Waals surface area contributed by atoms with Gasteiger partial charge in [0.15, 0.2) is 0 Å². The second kappa shape index (κ2) is 6.08. The molecule has 0 saturated heterocycles. The maximum absolute atomic E-state index is 11.5. The van der Waals surface area contributed by atoms with Crippen molar-refractivity contribution in [1.82, 2.24) is 0 Å². The summed E-state index contributed by atoms with van der Waals surface area (Å²) in [6.07, 6.45) is -0.599. The Hall–Kier alpha value is -2.24. The fourth-order valence-corrected chi connectivity index (χ4v) is 1.76. The molecular weight excluding hydrogens is 250 g/mol. The Morgan fingerprint density at radius 2 is 1.84 bits per heavy atom. The molecule has 0 unspecified atom stereocenters. The van der Waals surface area contributed by atoms with Gasteiger partial charge in [-0.1, -0.05) is 0 Å². The number of anilines is 1. The second-order valence-corrected chi connectivity index (χ2v) is 4.03. The van der Waals surface area contributed by atoms with Crippen molar-refractivity contribution in [3.63, 3.8) is 0 Å². The highest BCUT2D eigenvalue weighted by Crippen LogP contribution is 2.36.